The molecule has 0 fully saturated rings. The molecule has 0 saturated carbocycles. The van der Waals surface area contributed by atoms with Gasteiger partial charge in [-0.05, 0) is 49.3 Å². The maximum Gasteiger partial charge on any atom is 0.119 e. The molecule has 0 saturated heterocycles. The third-order valence-electron chi connectivity index (χ3n) is 3.92. The van der Waals surface area contributed by atoms with Crippen molar-refractivity contribution in [1.82, 2.24) is 5.43 Å². The van der Waals surface area contributed by atoms with E-state index in [2.05, 4.69) is 45.3 Å². The first-order valence-electron chi connectivity index (χ1n) is 7.46. The molecule has 0 aliphatic heterocycles. The molecule has 2 unspecified atom stereocenters. The van der Waals surface area contributed by atoms with Crippen LogP contribution in [0.25, 0.3) is 0 Å². The quantitative estimate of drug-likeness (QED) is 0.609. The molecule has 0 aromatic heterocycles. The van der Waals surface area contributed by atoms with Crippen LogP contribution < -0.4 is 16.0 Å². The second kappa shape index (κ2) is 7.09. The van der Waals surface area contributed by atoms with Gasteiger partial charge in [-0.15, -0.1) is 0 Å². The van der Waals surface area contributed by atoms with Gasteiger partial charge in [-0.25, -0.2) is 0 Å². The summed E-state index contributed by atoms with van der Waals surface area (Å²) in [6, 6.07) is 8.40. The summed E-state index contributed by atoms with van der Waals surface area (Å²) in [7, 11) is 0. The van der Waals surface area contributed by atoms with Crippen LogP contribution in [0.5, 0.6) is 5.75 Å². The Hall–Kier alpha value is -1.06. The van der Waals surface area contributed by atoms with Crippen molar-refractivity contribution < 1.29 is 4.74 Å². The average Bonchev–Trinajstić information content (AvgIpc) is 2.35. The van der Waals surface area contributed by atoms with Gasteiger partial charge in [0.2, 0.25) is 0 Å². The zero-order chi connectivity index (χ0) is 15.3. The van der Waals surface area contributed by atoms with Crippen LogP contribution in [-0.2, 0) is 0 Å². The highest BCUT2D eigenvalue weighted by Gasteiger charge is 2.23. The summed E-state index contributed by atoms with van der Waals surface area (Å²) >= 11 is 0. The van der Waals surface area contributed by atoms with Crippen molar-refractivity contribution in [3.8, 4) is 5.75 Å². The van der Waals surface area contributed by atoms with Crippen molar-refractivity contribution in [2.24, 2.45) is 17.2 Å². The van der Waals surface area contributed by atoms with Crippen LogP contribution in [0, 0.1) is 11.3 Å². The van der Waals surface area contributed by atoms with Gasteiger partial charge in [0, 0.05) is 6.04 Å². The van der Waals surface area contributed by atoms with E-state index < -0.39 is 0 Å². The fourth-order valence-corrected chi connectivity index (χ4v) is 2.06. The minimum atomic E-state index is 0.178. The second-order valence-electron chi connectivity index (χ2n) is 6.96. The van der Waals surface area contributed by atoms with Crippen molar-refractivity contribution in [2.75, 3.05) is 0 Å². The first kappa shape index (κ1) is 17.0. The number of nitrogens with one attached hydrogen (secondary N) is 1. The first-order chi connectivity index (χ1) is 9.24. The minimum Gasteiger partial charge on any atom is -0.491 e. The lowest BCUT2D eigenvalue weighted by Crippen LogP contribution is -2.31. The zero-order valence-corrected chi connectivity index (χ0v) is 13.7. The lowest BCUT2D eigenvalue weighted by atomic mass is 9.77. The van der Waals surface area contributed by atoms with Crippen LogP contribution in [0.4, 0.5) is 0 Å². The van der Waals surface area contributed by atoms with E-state index >= 15 is 0 Å². The lowest BCUT2D eigenvalue weighted by Gasteiger charge is -2.30. The van der Waals surface area contributed by atoms with E-state index in [9.17, 15) is 0 Å². The maximum absolute atomic E-state index is 5.73. The van der Waals surface area contributed by atoms with Gasteiger partial charge in [0.05, 0.1) is 6.10 Å². The Morgan fingerprint density at radius 3 is 2.05 bits per heavy atom. The molecule has 0 radical (unpaired) electrons. The third-order valence-corrected chi connectivity index (χ3v) is 3.92. The van der Waals surface area contributed by atoms with Crippen LogP contribution in [0.3, 0.4) is 0 Å². The minimum absolute atomic E-state index is 0.178. The molecule has 0 spiro atoms. The van der Waals surface area contributed by atoms with Gasteiger partial charge >= 0.3 is 0 Å². The smallest absolute Gasteiger partial charge is 0.119 e. The summed E-state index contributed by atoms with van der Waals surface area (Å²) in [5, 5.41) is 0. The number of benzene rings is 1. The molecule has 0 aliphatic carbocycles. The Kier molecular flexibility index (Phi) is 6.03. The van der Waals surface area contributed by atoms with Crippen molar-refractivity contribution in [3.05, 3.63) is 29.8 Å². The fraction of sp³-hybridized carbons (Fsp3) is 0.647. The molecular formula is C17H30N2O. The van der Waals surface area contributed by atoms with Gasteiger partial charge in [0.1, 0.15) is 5.75 Å². The van der Waals surface area contributed by atoms with Gasteiger partial charge in [-0.1, -0.05) is 39.8 Å². The number of hydrogen-bond acceptors (Lipinski definition) is 3. The summed E-state index contributed by atoms with van der Waals surface area (Å²) < 4.78 is 5.67. The monoisotopic (exact) mass is 278 g/mol. The van der Waals surface area contributed by atoms with Crippen LogP contribution in [0.1, 0.15) is 59.6 Å². The molecule has 0 heterocycles. The van der Waals surface area contributed by atoms with Gasteiger partial charge in [0.15, 0.2) is 0 Å². The highest BCUT2D eigenvalue weighted by molar-refractivity contribution is 5.29. The normalized spacial score (nSPS) is 15.2. The molecule has 0 bridgehead atoms. The summed E-state index contributed by atoms with van der Waals surface area (Å²) in [5.74, 6) is 7.22. The Morgan fingerprint density at radius 2 is 1.65 bits per heavy atom. The van der Waals surface area contributed by atoms with E-state index in [1.54, 1.807) is 0 Å². The number of rotatable bonds is 6. The predicted octanol–water partition coefficient (Wildman–Crippen LogP) is 4.05. The summed E-state index contributed by atoms with van der Waals surface area (Å²) in [6.07, 6.45) is 1.22. The Morgan fingerprint density at radius 1 is 1.10 bits per heavy atom. The summed E-state index contributed by atoms with van der Waals surface area (Å²) in [5.41, 5.74) is 4.44. The molecule has 1 aromatic carbocycles. The van der Waals surface area contributed by atoms with Crippen LogP contribution in [0.2, 0.25) is 0 Å². The van der Waals surface area contributed by atoms with Crippen LogP contribution in [-0.4, -0.2) is 6.10 Å². The summed E-state index contributed by atoms with van der Waals surface area (Å²) in [6.45, 7) is 13.1. The molecule has 3 N–H and O–H groups in total. The van der Waals surface area contributed by atoms with Crippen LogP contribution >= 0.6 is 0 Å². The molecule has 20 heavy (non-hydrogen) atoms. The van der Waals surface area contributed by atoms with Gasteiger partial charge in [-0.2, -0.15) is 0 Å². The lowest BCUT2D eigenvalue weighted by molar-refractivity contribution is 0.223. The molecular weight excluding hydrogens is 248 g/mol. The zero-order valence-electron chi connectivity index (χ0n) is 13.7. The van der Waals surface area contributed by atoms with E-state index in [1.165, 1.54) is 5.56 Å². The standard InChI is InChI=1S/C17H30N2O/c1-12(2)20-15-9-7-14(8-10-15)16(19-18)11-13(3)17(4,5)6/h7-10,12-13,16,19H,11,18H2,1-6H3. The van der Waals surface area contributed by atoms with E-state index in [-0.39, 0.29) is 17.6 Å². The maximum atomic E-state index is 5.73. The topological polar surface area (TPSA) is 47.3 Å². The van der Waals surface area contributed by atoms with E-state index in [4.69, 9.17) is 10.6 Å². The van der Waals surface area contributed by atoms with E-state index in [1.807, 2.05) is 26.0 Å². The molecule has 0 amide bonds. The molecule has 1 aromatic rings. The van der Waals surface area contributed by atoms with Crippen LogP contribution in [0.15, 0.2) is 24.3 Å². The summed E-state index contributed by atoms with van der Waals surface area (Å²) in [4.78, 5) is 0. The van der Waals surface area contributed by atoms with Crippen molar-refractivity contribution in [2.45, 2.75) is 60.1 Å². The molecule has 114 valence electrons. The SMILES string of the molecule is CC(C)Oc1ccc(C(CC(C)C(C)(C)C)NN)cc1. The van der Waals surface area contributed by atoms with Crippen molar-refractivity contribution in [3.63, 3.8) is 0 Å². The van der Waals surface area contributed by atoms with E-state index in [0.717, 1.165) is 12.2 Å². The molecule has 1 rings (SSSR count). The molecule has 0 aliphatic rings. The number of hydrazine groups is 1. The van der Waals surface area contributed by atoms with Crippen molar-refractivity contribution in [1.29, 1.82) is 0 Å². The Bertz CT molecular complexity index is 392. The third kappa shape index (κ3) is 5.14. The van der Waals surface area contributed by atoms with E-state index in [0.29, 0.717) is 5.92 Å². The first-order valence-corrected chi connectivity index (χ1v) is 7.46. The highest BCUT2D eigenvalue weighted by atomic mass is 16.5. The van der Waals surface area contributed by atoms with Gasteiger partial charge in [-0.3, -0.25) is 11.3 Å². The largest absolute Gasteiger partial charge is 0.491 e. The molecule has 2 atom stereocenters. The fourth-order valence-electron chi connectivity index (χ4n) is 2.06. The van der Waals surface area contributed by atoms with Gasteiger partial charge in [0.25, 0.3) is 0 Å². The average molecular weight is 278 g/mol. The highest BCUT2D eigenvalue weighted by Crippen LogP contribution is 2.33. The molecule has 3 heteroatoms. The Labute approximate surface area is 123 Å². The van der Waals surface area contributed by atoms with Crippen molar-refractivity contribution >= 4 is 0 Å². The number of ether oxygens (including phenoxy) is 1. The number of nitrogens with two attached hydrogens (primary N) is 1. The van der Waals surface area contributed by atoms with Gasteiger partial charge < -0.3 is 4.74 Å². The second-order valence-corrected chi connectivity index (χ2v) is 6.96. The predicted molar refractivity (Wildman–Crippen MR) is 85.5 cm³/mol. The number of hydrogen-bond donors (Lipinski definition) is 2. The Balaban J connectivity index is 2.75. The molecule has 3 nitrogen and oxygen atoms in total.